The van der Waals surface area contributed by atoms with E-state index in [9.17, 15) is 18.6 Å². The predicted molar refractivity (Wildman–Crippen MR) is 187 cm³/mol. The molecular weight excluding hydrogens is 644 g/mol. The molecule has 13 heteroatoms. The summed E-state index contributed by atoms with van der Waals surface area (Å²) in [4.78, 5) is 18.0. The Balaban J connectivity index is 0.908. The Morgan fingerprint density at radius 1 is 0.571 bits per heavy atom. The molecule has 0 saturated carbocycles. The molecule has 260 valence electrons. The van der Waals surface area contributed by atoms with Crippen molar-refractivity contribution in [1.29, 1.82) is 0 Å². The number of aliphatic hydroxyl groups excluding tert-OH is 2. The number of nitrogens with zero attached hydrogens (tertiary/aromatic N) is 6. The standard InChI is InChI=1S/C36H44N6O6S/c43-29(25-39-17-21-41(22-18-39)35-5-1-3-15-37-35)27-47-31-7-11-33(12-8-31)49(45,46)34-13-9-32(10-14-34)48-28-30(44)26-40-19-23-42(24-20-40)36-6-2-4-16-38-36/h1-16,29-30,43-44H,17-28H2/t29-,30-/m1/s1. The summed E-state index contributed by atoms with van der Waals surface area (Å²) in [6, 6.07) is 24.2. The van der Waals surface area contributed by atoms with E-state index < -0.39 is 22.0 Å². The van der Waals surface area contributed by atoms with Crippen molar-refractivity contribution in [2.45, 2.75) is 22.0 Å². The summed E-state index contributed by atoms with van der Waals surface area (Å²) in [5, 5.41) is 21.1. The summed E-state index contributed by atoms with van der Waals surface area (Å²) in [6.45, 7) is 7.83. The Kier molecular flexibility index (Phi) is 11.6. The number of β-amino-alcohol motifs (C(OH)–C–C–N with tert-alkyl or cyclic N) is 2. The van der Waals surface area contributed by atoms with Gasteiger partial charge in [-0.05, 0) is 72.8 Å². The maximum Gasteiger partial charge on any atom is 0.206 e. The van der Waals surface area contributed by atoms with Crippen molar-refractivity contribution in [2.75, 3.05) is 88.5 Å². The fourth-order valence-corrected chi connectivity index (χ4v) is 7.31. The average Bonchev–Trinajstić information content (AvgIpc) is 3.15. The summed E-state index contributed by atoms with van der Waals surface area (Å²) in [7, 11) is -3.76. The molecule has 0 radical (unpaired) electrons. The minimum absolute atomic E-state index is 0.102. The first-order valence-electron chi connectivity index (χ1n) is 16.7. The van der Waals surface area contributed by atoms with Crippen LogP contribution in [0.1, 0.15) is 0 Å². The SMILES string of the molecule is O=S(=O)(c1ccc(OC[C@H](O)CN2CCN(c3ccccn3)CC2)cc1)c1ccc(OC[C@H](O)CN2CCN(c3ccccn3)CC2)cc1. The Labute approximate surface area is 288 Å². The van der Waals surface area contributed by atoms with Crippen molar-refractivity contribution in [2.24, 2.45) is 0 Å². The minimum atomic E-state index is -3.76. The number of ether oxygens (including phenoxy) is 2. The largest absolute Gasteiger partial charge is 0.491 e. The Morgan fingerprint density at radius 2 is 0.959 bits per heavy atom. The van der Waals surface area contributed by atoms with E-state index in [1.165, 1.54) is 24.3 Å². The first kappa shape index (κ1) is 34.6. The van der Waals surface area contributed by atoms with Crippen LogP contribution in [0.25, 0.3) is 0 Å². The van der Waals surface area contributed by atoms with Gasteiger partial charge in [0, 0.05) is 77.8 Å². The lowest BCUT2D eigenvalue weighted by molar-refractivity contribution is 0.0661. The molecule has 2 aliphatic rings. The van der Waals surface area contributed by atoms with Crippen molar-refractivity contribution in [3.8, 4) is 11.5 Å². The second-order valence-corrected chi connectivity index (χ2v) is 14.3. The Bertz CT molecular complexity index is 1560. The molecule has 6 rings (SSSR count). The van der Waals surface area contributed by atoms with Gasteiger partial charge in [-0.15, -0.1) is 0 Å². The molecule has 2 atom stereocenters. The molecular formula is C36H44N6O6S. The molecule has 0 unspecified atom stereocenters. The molecule has 2 aliphatic heterocycles. The monoisotopic (exact) mass is 688 g/mol. The number of aliphatic hydroxyl groups is 2. The van der Waals surface area contributed by atoms with Gasteiger partial charge in [0.1, 0.15) is 48.6 Å². The molecule has 4 aromatic rings. The van der Waals surface area contributed by atoms with E-state index in [2.05, 4.69) is 29.6 Å². The van der Waals surface area contributed by atoms with Gasteiger partial charge >= 0.3 is 0 Å². The molecule has 2 saturated heterocycles. The molecule has 0 amide bonds. The van der Waals surface area contributed by atoms with Gasteiger partial charge in [0.05, 0.1) is 9.79 Å². The van der Waals surface area contributed by atoms with Crippen LogP contribution in [0.5, 0.6) is 11.5 Å². The summed E-state index contributed by atoms with van der Waals surface area (Å²) in [5.74, 6) is 2.89. The lowest BCUT2D eigenvalue weighted by Crippen LogP contribution is -2.49. The van der Waals surface area contributed by atoms with Crippen LogP contribution in [0.4, 0.5) is 11.6 Å². The lowest BCUT2D eigenvalue weighted by Gasteiger charge is -2.36. The third kappa shape index (κ3) is 9.46. The summed E-state index contributed by atoms with van der Waals surface area (Å²) >= 11 is 0. The first-order valence-corrected chi connectivity index (χ1v) is 18.2. The molecule has 49 heavy (non-hydrogen) atoms. The second-order valence-electron chi connectivity index (χ2n) is 12.3. The number of sulfone groups is 1. The molecule has 2 aromatic heterocycles. The molecule has 12 nitrogen and oxygen atoms in total. The number of benzene rings is 2. The smallest absolute Gasteiger partial charge is 0.206 e. The van der Waals surface area contributed by atoms with E-state index in [0.29, 0.717) is 24.6 Å². The number of pyridine rings is 2. The normalized spacial score (nSPS) is 17.4. The highest BCUT2D eigenvalue weighted by Crippen LogP contribution is 2.25. The fourth-order valence-electron chi connectivity index (χ4n) is 6.05. The molecule has 2 fully saturated rings. The van der Waals surface area contributed by atoms with Gasteiger partial charge in [-0.25, -0.2) is 18.4 Å². The summed E-state index contributed by atoms with van der Waals surface area (Å²) in [5.41, 5.74) is 0. The highest BCUT2D eigenvalue weighted by atomic mass is 32.2. The van der Waals surface area contributed by atoms with Crippen LogP contribution in [0.2, 0.25) is 0 Å². The quantitative estimate of drug-likeness (QED) is 0.202. The number of piperazine rings is 2. The van der Waals surface area contributed by atoms with Crippen LogP contribution in [0.3, 0.4) is 0 Å². The first-order chi connectivity index (χ1) is 23.8. The zero-order valence-electron chi connectivity index (χ0n) is 27.5. The molecule has 4 heterocycles. The van der Waals surface area contributed by atoms with Crippen LogP contribution in [0, 0.1) is 0 Å². The van der Waals surface area contributed by atoms with Crippen LogP contribution in [0.15, 0.2) is 107 Å². The highest BCUT2D eigenvalue weighted by Gasteiger charge is 2.23. The van der Waals surface area contributed by atoms with Crippen molar-refractivity contribution in [3.05, 3.63) is 97.3 Å². The Hall–Kier alpha value is -4.27. The van der Waals surface area contributed by atoms with Crippen LogP contribution in [-0.2, 0) is 9.84 Å². The van der Waals surface area contributed by atoms with Gasteiger partial charge in [-0.1, -0.05) is 12.1 Å². The predicted octanol–water partition coefficient (Wildman–Crippen LogP) is 2.43. The van der Waals surface area contributed by atoms with E-state index in [4.69, 9.17) is 9.47 Å². The van der Waals surface area contributed by atoms with Crippen LogP contribution < -0.4 is 19.3 Å². The number of anilines is 2. The molecule has 0 spiro atoms. The average molecular weight is 689 g/mol. The molecule has 0 bridgehead atoms. The van der Waals surface area contributed by atoms with E-state index >= 15 is 0 Å². The topological polar surface area (TPSA) is 132 Å². The van der Waals surface area contributed by atoms with Gasteiger partial charge in [0.15, 0.2) is 0 Å². The van der Waals surface area contributed by atoms with Gasteiger partial charge in [0.2, 0.25) is 9.84 Å². The zero-order valence-corrected chi connectivity index (χ0v) is 28.3. The minimum Gasteiger partial charge on any atom is -0.491 e. The van der Waals surface area contributed by atoms with Gasteiger partial charge in [-0.2, -0.15) is 0 Å². The maximum atomic E-state index is 13.3. The van der Waals surface area contributed by atoms with E-state index in [0.717, 1.165) is 64.0 Å². The summed E-state index contributed by atoms with van der Waals surface area (Å²) in [6.07, 6.45) is 2.23. The number of rotatable bonds is 14. The zero-order chi connectivity index (χ0) is 34.1. The maximum absolute atomic E-state index is 13.3. The molecule has 2 aromatic carbocycles. The fraction of sp³-hybridized carbons (Fsp3) is 0.389. The number of hydrogen-bond acceptors (Lipinski definition) is 12. The highest BCUT2D eigenvalue weighted by molar-refractivity contribution is 7.91. The number of hydrogen-bond donors (Lipinski definition) is 2. The lowest BCUT2D eigenvalue weighted by atomic mass is 10.2. The van der Waals surface area contributed by atoms with Crippen molar-refractivity contribution in [3.63, 3.8) is 0 Å². The summed E-state index contributed by atoms with van der Waals surface area (Å²) < 4.78 is 38.1. The van der Waals surface area contributed by atoms with Crippen LogP contribution >= 0.6 is 0 Å². The molecule has 2 N–H and O–H groups in total. The van der Waals surface area contributed by atoms with E-state index in [1.807, 2.05) is 36.4 Å². The van der Waals surface area contributed by atoms with Gasteiger partial charge in [-0.3, -0.25) is 9.80 Å². The van der Waals surface area contributed by atoms with E-state index in [-0.39, 0.29) is 23.0 Å². The van der Waals surface area contributed by atoms with E-state index in [1.54, 1.807) is 36.7 Å². The second kappa shape index (κ2) is 16.4. The van der Waals surface area contributed by atoms with Crippen molar-refractivity contribution < 1.29 is 28.1 Å². The van der Waals surface area contributed by atoms with Crippen molar-refractivity contribution >= 4 is 21.5 Å². The van der Waals surface area contributed by atoms with Crippen LogP contribution in [-0.4, -0.2) is 129 Å². The van der Waals surface area contributed by atoms with Crippen molar-refractivity contribution in [1.82, 2.24) is 19.8 Å². The Morgan fingerprint density at radius 3 is 1.31 bits per heavy atom. The number of aromatic nitrogens is 2. The molecule has 0 aliphatic carbocycles. The van der Waals surface area contributed by atoms with Gasteiger partial charge < -0.3 is 29.5 Å². The third-order valence-corrected chi connectivity index (χ3v) is 10.6. The van der Waals surface area contributed by atoms with Gasteiger partial charge in [0.25, 0.3) is 0 Å². The third-order valence-electron chi connectivity index (χ3n) is 8.78.